The van der Waals surface area contributed by atoms with Crippen LogP contribution in [0.5, 0.6) is 0 Å². The van der Waals surface area contributed by atoms with E-state index in [0.717, 1.165) is 5.06 Å². The largest absolute Gasteiger partial charge is 0.785 e. The smallest absolute Gasteiger partial charge is 0.409 e. The van der Waals surface area contributed by atoms with Gasteiger partial charge in [0.25, 0.3) is 0 Å². The lowest BCUT2D eigenvalue weighted by atomic mass is 10.4. The summed E-state index contributed by atoms with van der Waals surface area (Å²) in [7, 11) is 0. The standard InChI is InChI=1S/C7H13N2O3/c1-2-12-7(10)8-3-5-9(11)6-4-8/h2-6H2,1H3/q-1. The van der Waals surface area contributed by atoms with Gasteiger partial charge < -0.3 is 19.9 Å². The van der Waals surface area contributed by atoms with E-state index < -0.39 is 0 Å². The zero-order valence-electron chi connectivity index (χ0n) is 7.15. The molecule has 1 heterocycles. The zero-order chi connectivity index (χ0) is 8.97. The fourth-order valence-electron chi connectivity index (χ4n) is 1.09. The number of carbonyl (C=O) groups is 1. The van der Waals surface area contributed by atoms with E-state index in [0.29, 0.717) is 32.8 Å². The van der Waals surface area contributed by atoms with Gasteiger partial charge in [0.2, 0.25) is 0 Å². The SMILES string of the molecule is CCOC(=O)N1CCN([O-])CC1. The quantitative estimate of drug-likeness (QED) is 0.570. The number of hydrogen-bond donors (Lipinski definition) is 0. The van der Waals surface area contributed by atoms with Crippen LogP contribution >= 0.6 is 0 Å². The summed E-state index contributed by atoms with van der Waals surface area (Å²) in [6.45, 7) is 3.88. The van der Waals surface area contributed by atoms with Crippen LogP contribution in [0, 0.1) is 5.21 Å². The van der Waals surface area contributed by atoms with Crippen molar-refractivity contribution in [2.75, 3.05) is 32.8 Å². The molecule has 0 aromatic carbocycles. The number of nitrogens with zero attached hydrogens (tertiary/aromatic N) is 2. The third-order valence-corrected chi connectivity index (χ3v) is 1.76. The third-order valence-electron chi connectivity index (χ3n) is 1.76. The van der Waals surface area contributed by atoms with Crippen molar-refractivity contribution in [3.8, 4) is 0 Å². The van der Waals surface area contributed by atoms with Gasteiger partial charge in [-0.2, -0.15) is 0 Å². The Morgan fingerprint density at radius 1 is 1.42 bits per heavy atom. The molecule has 0 atom stereocenters. The number of ether oxygens (including phenoxy) is 1. The second-order valence-corrected chi connectivity index (χ2v) is 2.61. The van der Waals surface area contributed by atoms with E-state index >= 15 is 0 Å². The Morgan fingerprint density at radius 2 is 2.00 bits per heavy atom. The van der Waals surface area contributed by atoms with E-state index in [-0.39, 0.29) is 6.09 Å². The molecular weight excluding hydrogens is 160 g/mol. The summed E-state index contributed by atoms with van der Waals surface area (Å²) in [5.41, 5.74) is 0. The second-order valence-electron chi connectivity index (χ2n) is 2.61. The van der Waals surface area contributed by atoms with E-state index in [1.807, 2.05) is 0 Å². The monoisotopic (exact) mass is 173 g/mol. The van der Waals surface area contributed by atoms with E-state index in [1.54, 1.807) is 11.8 Å². The third kappa shape index (κ3) is 2.35. The molecule has 0 aliphatic carbocycles. The second kappa shape index (κ2) is 4.27. The van der Waals surface area contributed by atoms with Gasteiger partial charge in [-0.05, 0) is 6.92 Å². The topological polar surface area (TPSA) is 55.8 Å². The first-order valence-corrected chi connectivity index (χ1v) is 4.08. The summed E-state index contributed by atoms with van der Waals surface area (Å²) in [5, 5.41) is 11.7. The lowest BCUT2D eigenvalue weighted by molar-refractivity contribution is 0.0892. The molecule has 1 aliphatic rings. The van der Waals surface area contributed by atoms with Crippen LogP contribution in [0.1, 0.15) is 6.92 Å². The minimum absolute atomic E-state index is 0.314. The molecule has 0 aromatic heterocycles. The van der Waals surface area contributed by atoms with Crippen molar-refractivity contribution in [3.05, 3.63) is 5.21 Å². The highest BCUT2D eigenvalue weighted by Gasteiger charge is 2.17. The van der Waals surface area contributed by atoms with Crippen LogP contribution in [0.15, 0.2) is 0 Å². The predicted octanol–water partition coefficient (Wildman–Crippen LogP) is 0.258. The van der Waals surface area contributed by atoms with Crippen LogP contribution in [-0.2, 0) is 4.74 Å². The number of hydroxylamine groups is 2. The summed E-state index contributed by atoms with van der Waals surface area (Å²) in [6.07, 6.45) is -0.314. The molecule has 70 valence electrons. The molecule has 1 fully saturated rings. The molecule has 1 aliphatic heterocycles. The van der Waals surface area contributed by atoms with E-state index in [4.69, 9.17) is 4.74 Å². The first-order chi connectivity index (χ1) is 5.74. The van der Waals surface area contributed by atoms with Crippen molar-refractivity contribution in [3.63, 3.8) is 0 Å². The number of piperazine rings is 1. The first-order valence-electron chi connectivity index (χ1n) is 4.08. The molecule has 0 spiro atoms. The zero-order valence-corrected chi connectivity index (χ0v) is 7.15. The molecule has 1 rings (SSSR count). The van der Waals surface area contributed by atoms with Crippen molar-refractivity contribution in [1.29, 1.82) is 0 Å². The minimum Gasteiger partial charge on any atom is -0.785 e. The van der Waals surface area contributed by atoms with Crippen molar-refractivity contribution in [1.82, 2.24) is 9.96 Å². The molecule has 0 saturated carbocycles. The Balaban J connectivity index is 2.29. The van der Waals surface area contributed by atoms with Gasteiger partial charge in [-0.15, -0.1) is 0 Å². The maximum atomic E-state index is 11.1. The molecule has 0 radical (unpaired) electrons. The molecule has 0 bridgehead atoms. The summed E-state index contributed by atoms with van der Waals surface area (Å²) < 4.78 is 4.78. The Kier molecular flexibility index (Phi) is 3.31. The van der Waals surface area contributed by atoms with Crippen LogP contribution in [-0.4, -0.2) is 48.8 Å². The maximum Gasteiger partial charge on any atom is 0.409 e. The van der Waals surface area contributed by atoms with Crippen LogP contribution in [0.2, 0.25) is 0 Å². The Bertz CT molecular complexity index is 155. The van der Waals surface area contributed by atoms with Gasteiger partial charge >= 0.3 is 6.09 Å². The molecule has 0 N–H and O–H groups in total. The lowest BCUT2D eigenvalue weighted by Gasteiger charge is -2.37. The highest BCUT2D eigenvalue weighted by Crippen LogP contribution is 2.01. The maximum absolute atomic E-state index is 11.1. The number of hydrogen-bond acceptors (Lipinski definition) is 4. The average molecular weight is 173 g/mol. The van der Waals surface area contributed by atoms with Gasteiger partial charge in [-0.3, -0.25) is 0 Å². The van der Waals surface area contributed by atoms with Crippen LogP contribution < -0.4 is 0 Å². The normalized spacial score (nSPS) is 19.3. The Morgan fingerprint density at radius 3 is 2.50 bits per heavy atom. The van der Waals surface area contributed by atoms with Crippen molar-refractivity contribution in [2.45, 2.75) is 6.92 Å². The number of amides is 1. The molecule has 0 unspecified atom stereocenters. The minimum atomic E-state index is -0.314. The summed E-state index contributed by atoms with van der Waals surface area (Å²) in [6, 6.07) is 0. The first kappa shape index (κ1) is 9.28. The fraction of sp³-hybridized carbons (Fsp3) is 0.857. The fourth-order valence-corrected chi connectivity index (χ4v) is 1.09. The van der Waals surface area contributed by atoms with Crippen LogP contribution in [0.25, 0.3) is 0 Å². The van der Waals surface area contributed by atoms with Crippen molar-refractivity contribution in [2.24, 2.45) is 0 Å². The molecule has 12 heavy (non-hydrogen) atoms. The van der Waals surface area contributed by atoms with Gasteiger partial charge in [0.1, 0.15) is 0 Å². The molecule has 0 aromatic rings. The van der Waals surface area contributed by atoms with Crippen molar-refractivity contribution < 1.29 is 9.53 Å². The predicted molar refractivity (Wildman–Crippen MR) is 43.5 cm³/mol. The molecule has 1 amide bonds. The molecular formula is C7H13N2O3-. The van der Waals surface area contributed by atoms with Gasteiger partial charge in [-0.25, -0.2) is 4.79 Å². The van der Waals surface area contributed by atoms with Gasteiger partial charge in [-0.1, -0.05) is 0 Å². The lowest BCUT2D eigenvalue weighted by Crippen LogP contribution is -2.46. The van der Waals surface area contributed by atoms with Crippen molar-refractivity contribution >= 4 is 6.09 Å². The van der Waals surface area contributed by atoms with E-state index in [2.05, 4.69) is 0 Å². The van der Waals surface area contributed by atoms with Gasteiger partial charge in [0.15, 0.2) is 0 Å². The number of rotatable bonds is 1. The summed E-state index contributed by atoms with van der Waals surface area (Å²) >= 11 is 0. The average Bonchev–Trinajstić information content (AvgIpc) is 2.06. The van der Waals surface area contributed by atoms with E-state index in [1.165, 1.54) is 0 Å². The Hall–Kier alpha value is -0.810. The summed E-state index contributed by atoms with van der Waals surface area (Å²) in [5.74, 6) is 0. The van der Waals surface area contributed by atoms with Crippen LogP contribution in [0.4, 0.5) is 4.79 Å². The molecule has 1 saturated heterocycles. The van der Waals surface area contributed by atoms with Gasteiger partial charge in [0, 0.05) is 26.2 Å². The summed E-state index contributed by atoms with van der Waals surface area (Å²) in [4.78, 5) is 12.6. The highest BCUT2D eigenvalue weighted by atomic mass is 16.6. The molecule has 5 nitrogen and oxygen atoms in total. The van der Waals surface area contributed by atoms with E-state index in [9.17, 15) is 10.0 Å². The molecule has 5 heteroatoms. The highest BCUT2D eigenvalue weighted by molar-refractivity contribution is 5.67. The Labute approximate surface area is 71.5 Å². The van der Waals surface area contributed by atoms with Gasteiger partial charge in [0.05, 0.1) is 6.61 Å². The van der Waals surface area contributed by atoms with Crippen LogP contribution in [0.3, 0.4) is 0 Å². The number of carbonyl (C=O) groups excluding carboxylic acids is 1.